The Bertz CT molecular complexity index is 612. The minimum atomic E-state index is -0.497. The number of amides is 1. The Kier molecular flexibility index (Phi) is 3.99. The number of benzene rings is 1. The van der Waals surface area contributed by atoms with E-state index in [4.69, 9.17) is 0 Å². The van der Waals surface area contributed by atoms with Gasteiger partial charge in [-0.2, -0.15) is 5.21 Å². The van der Waals surface area contributed by atoms with Crippen molar-refractivity contribution in [1.29, 1.82) is 0 Å². The van der Waals surface area contributed by atoms with Crippen LogP contribution in [0.3, 0.4) is 0 Å². The van der Waals surface area contributed by atoms with Crippen LogP contribution in [0.2, 0.25) is 0 Å². The first kappa shape index (κ1) is 13.6. The third kappa shape index (κ3) is 3.34. The Morgan fingerprint density at radius 3 is 3.00 bits per heavy atom. The molecule has 104 valence electrons. The number of aromatic amines is 1. The number of H-pyrrole nitrogens is 1. The molecule has 2 N–H and O–H groups in total. The van der Waals surface area contributed by atoms with Crippen molar-refractivity contribution in [2.45, 2.75) is 19.4 Å². The highest BCUT2D eigenvalue weighted by molar-refractivity contribution is 5.79. The second kappa shape index (κ2) is 5.87. The largest absolute Gasteiger partial charge is 0.346 e. The van der Waals surface area contributed by atoms with Crippen LogP contribution in [0.4, 0.5) is 5.69 Å². The van der Waals surface area contributed by atoms with Crippen LogP contribution in [-0.2, 0) is 11.2 Å². The number of nitro groups is 1. The number of rotatable bonds is 5. The van der Waals surface area contributed by atoms with Gasteiger partial charge in [0.1, 0.15) is 0 Å². The molecule has 1 heterocycles. The van der Waals surface area contributed by atoms with E-state index in [0.717, 1.165) is 0 Å². The van der Waals surface area contributed by atoms with E-state index in [2.05, 4.69) is 25.9 Å². The number of hydrogen-bond acceptors (Lipinski definition) is 6. The highest BCUT2D eigenvalue weighted by atomic mass is 16.6. The lowest BCUT2D eigenvalue weighted by atomic mass is 10.1. The number of hydrogen-bond donors (Lipinski definition) is 2. The molecule has 0 aliphatic heterocycles. The van der Waals surface area contributed by atoms with E-state index in [0.29, 0.717) is 11.4 Å². The normalized spacial score (nSPS) is 11.8. The Morgan fingerprint density at radius 2 is 2.35 bits per heavy atom. The Labute approximate surface area is 113 Å². The molecule has 9 heteroatoms. The molecule has 0 saturated heterocycles. The third-order valence-electron chi connectivity index (χ3n) is 2.61. The van der Waals surface area contributed by atoms with E-state index >= 15 is 0 Å². The molecule has 1 amide bonds. The number of carbonyl (C=O) groups is 1. The van der Waals surface area contributed by atoms with Gasteiger partial charge in [-0.1, -0.05) is 17.3 Å². The molecule has 1 atom stereocenters. The zero-order valence-electron chi connectivity index (χ0n) is 10.6. The SMILES string of the molecule is CC(NC(=O)Cc1cccc([N+](=O)[O-])c1)c1nn[nH]n1. The zero-order valence-corrected chi connectivity index (χ0v) is 10.6. The first-order valence-electron chi connectivity index (χ1n) is 5.82. The number of carbonyl (C=O) groups excluding carboxylic acids is 1. The second-order valence-corrected chi connectivity index (χ2v) is 4.16. The summed E-state index contributed by atoms with van der Waals surface area (Å²) in [6, 6.07) is 5.57. The summed E-state index contributed by atoms with van der Waals surface area (Å²) in [5.41, 5.74) is 0.526. The first-order valence-corrected chi connectivity index (χ1v) is 5.82. The summed E-state index contributed by atoms with van der Waals surface area (Å²) < 4.78 is 0. The van der Waals surface area contributed by atoms with Crippen molar-refractivity contribution in [2.24, 2.45) is 0 Å². The summed E-state index contributed by atoms with van der Waals surface area (Å²) in [6.45, 7) is 1.72. The lowest BCUT2D eigenvalue weighted by Crippen LogP contribution is -2.28. The maximum absolute atomic E-state index is 11.8. The molecule has 20 heavy (non-hydrogen) atoms. The topological polar surface area (TPSA) is 127 Å². The van der Waals surface area contributed by atoms with Crippen LogP contribution in [0.5, 0.6) is 0 Å². The van der Waals surface area contributed by atoms with Crippen molar-refractivity contribution in [3.05, 3.63) is 45.8 Å². The fourth-order valence-electron chi connectivity index (χ4n) is 1.68. The van der Waals surface area contributed by atoms with E-state index in [1.165, 1.54) is 12.1 Å². The molecule has 0 spiro atoms. The van der Waals surface area contributed by atoms with Crippen molar-refractivity contribution in [3.8, 4) is 0 Å². The fraction of sp³-hybridized carbons (Fsp3) is 0.273. The van der Waals surface area contributed by atoms with Gasteiger partial charge in [0.15, 0.2) is 5.82 Å². The van der Waals surface area contributed by atoms with Gasteiger partial charge in [0.05, 0.1) is 17.4 Å². The maximum atomic E-state index is 11.8. The average molecular weight is 276 g/mol. The van der Waals surface area contributed by atoms with Crippen LogP contribution in [0.15, 0.2) is 24.3 Å². The number of nitrogens with zero attached hydrogens (tertiary/aromatic N) is 4. The molecule has 0 saturated carbocycles. The van der Waals surface area contributed by atoms with Gasteiger partial charge in [-0.3, -0.25) is 14.9 Å². The van der Waals surface area contributed by atoms with E-state index in [9.17, 15) is 14.9 Å². The molecular formula is C11H12N6O3. The summed E-state index contributed by atoms with van der Waals surface area (Å²) in [5, 5.41) is 26.6. The van der Waals surface area contributed by atoms with Gasteiger partial charge in [0, 0.05) is 12.1 Å². The molecule has 1 unspecified atom stereocenters. The lowest BCUT2D eigenvalue weighted by Gasteiger charge is -2.09. The van der Waals surface area contributed by atoms with Crippen molar-refractivity contribution in [2.75, 3.05) is 0 Å². The quantitative estimate of drug-likeness (QED) is 0.605. The van der Waals surface area contributed by atoms with Gasteiger partial charge in [-0.25, -0.2) is 0 Å². The Morgan fingerprint density at radius 1 is 1.55 bits per heavy atom. The average Bonchev–Trinajstić information content (AvgIpc) is 2.92. The van der Waals surface area contributed by atoms with Gasteiger partial charge in [0.2, 0.25) is 5.91 Å². The van der Waals surface area contributed by atoms with Crippen molar-refractivity contribution < 1.29 is 9.72 Å². The van der Waals surface area contributed by atoms with Crippen molar-refractivity contribution in [1.82, 2.24) is 25.9 Å². The van der Waals surface area contributed by atoms with Crippen LogP contribution in [0.25, 0.3) is 0 Å². The van der Waals surface area contributed by atoms with Gasteiger partial charge >= 0.3 is 0 Å². The fourth-order valence-corrected chi connectivity index (χ4v) is 1.68. The van der Waals surface area contributed by atoms with Gasteiger partial charge in [0.25, 0.3) is 5.69 Å². The van der Waals surface area contributed by atoms with Gasteiger partial charge in [-0.05, 0) is 12.5 Å². The molecule has 0 aliphatic rings. The Balaban J connectivity index is 1.98. The van der Waals surface area contributed by atoms with E-state index in [1.54, 1.807) is 19.1 Å². The van der Waals surface area contributed by atoms with E-state index in [-0.39, 0.29) is 24.1 Å². The smallest absolute Gasteiger partial charge is 0.269 e. The van der Waals surface area contributed by atoms with Crippen molar-refractivity contribution in [3.63, 3.8) is 0 Å². The molecule has 2 aromatic rings. The molecular weight excluding hydrogens is 264 g/mol. The van der Waals surface area contributed by atoms with Crippen LogP contribution >= 0.6 is 0 Å². The van der Waals surface area contributed by atoms with Crippen LogP contribution < -0.4 is 5.32 Å². The summed E-state index contributed by atoms with van der Waals surface area (Å²) >= 11 is 0. The number of non-ortho nitro benzene ring substituents is 1. The number of tetrazole rings is 1. The van der Waals surface area contributed by atoms with E-state index < -0.39 is 4.92 Å². The summed E-state index contributed by atoms with van der Waals surface area (Å²) in [5.74, 6) is 0.0974. The minimum absolute atomic E-state index is 0.0403. The molecule has 1 aromatic carbocycles. The van der Waals surface area contributed by atoms with Crippen LogP contribution in [0.1, 0.15) is 24.4 Å². The second-order valence-electron chi connectivity index (χ2n) is 4.16. The molecule has 0 aliphatic carbocycles. The highest BCUT2D eigenvalue weighted by Gasteiger charge is 2.14. The molecule has 1 aromatic heterocycles. The van der Waals surface area contributed by atoms with Crippen LogP contribution in [0, 0.1) is 10.1 Å². The van der Waals surface area contributed by atoms with Crippen LogP contribution in [-0.4, -0.2) is 31.5 Å². The minimum Gasteiger partial charge on any atom is -0.346 e. The predicted octanol–water partition coefficient (Wildman–Crippen LogP) is 0.528. The molecule has 0 bridgehead atoms. The number of nitro benzene ring substituents is 1. The monoisotopic (exact) mass is 276 g/mol. The lowest BCUT2D eigenvalue weighted by molar-refractivity contribution is -0.384. The maximum Gasteiger partial charge on any atom is 0.269 e. The van der Waals surface area contributed by atoms with Crippen molar-refractivity contribution >= 4 is 11.6 Å². The summed E-state index contributed by atoms with van der Waals surface area (Å²) in [4.78, 5) is 22.0. The van der Waals surface area contributed by atoms with Gasteiger partial charge < -0.3 is 5.32 Å². The third-order valence-corrected chi connectivity index (χ3v) is 2.61. The summed E-state index contributed by atoms with van der Waals surface area (Å²) in [6.07, 6.45) is 0.0455. The molecule has 0 fully saturated rings. The highest BCUT2D eigenvalue weighted by Crippen LogP contribution is 2.14. The predicted molar refractivity (Wildman–Crippen MR) is 67.5 cm³/mol. The molecule has 9 nitrogen and oxygen atoms in total. The first-order chi connectivity index (χ1) is 9.56. The molecule has 2 rings (SSSR count). The standard InChI is InChI=1S/C11H12N6O3/c1-7(11-13-15-16-14-11)12-10(18)6-8-3-2-4-9(5-8)17(19)20/h2-5,7H,6H2,1H3,(H,12,18)(H,13,14,15,16). The van der Waals surface area contributed by atoms with E-state index in [1.807, 2.05) is 0 Å². The van der Waals surface area contributed by atoms with Gasteiger partial charge in [-0.15, -0.1) is 10.2 Å². The number of aromatic nitrogens is 4. The Hall–Kier alpha value is -2.84. The summed E-state index contributed by atoms with van der Waals surface area (Å²) in [7, 11) is 0. The molecule has 0 radical (unpaired) electrons. The zero-order chi connectivity index (χ0) is 14.5. The number of nitrogens with one attached hydrogen (secondary N) is 2.